The molecule has 4 rings (SSSR count). The topological polar surface area (TPSA) is 140 Å². The molecule has 0 spiro atoms. The van der Waals surface area contributed by atoms with Gasteiger partial charge in [0.2, 0.25) is 0 Å². The van der Waals surface area contributed by atoms with Gasteiger partial charge in [0.1, 0.15) is 11.5 Å². The summed E-state index contributed by atoms with van der Waals surface area (Å²) in [5, 5.41) is 14.3. The van der Waals surface area contributed by atoms with Crippen LogP contribution in [0.1, 0.15) is 16.7 Å². The van der Waals surface area contributed by atoms with Crippen LogP contribution in [0.15, 0.2) is 60.0 Å². The number of carbonyl (C=O) groups excluding carboxylic acids is 1. The first-order valence-electron chi connectivity index (χ1n) is 11.0. The monoisotopic (exact) mass is 528 g/mol. The predicted octanol–water partition coefficient (Wildman–Crippen LogP) is 3.03. The SMILES string of the molecule is C=C(F)C(=O)NCc1cnn(Cc2cc(C)c3c(NS(=O)(=O)c4c(OC)cccc4OC)n[nH]c3c2)c1. The van der Waals surface area contributed by atoms with Crippen LogP contribution in [0.25, 0.3) is 10.9 Å². The Morgan fingerprint density at radius 2 is 1.89 bits per heavy atom. The number of aryl methyl sites for hydroxylation is 1. The van der Waals surface area contributed by atoms with Crippen molar-refractivity contribution in [2.24, 2.45) is 0 Å². The van der Waals surface area contributed by atoms with Gasteiger partial charge in [0.15, 0.2) is 16.5 Å². The van der Waals surface area contributed by atoms with E-state index in [0.29, 0.717) is 23.0 Å². The molecule has 0 bridgehead atoms. The van der Waals surface area contributed by atoms with Gasteiger partial charge in [-0.25, -0.2) is 12.8 Å². The molecular formula is C24H25FN6O5S. The minimum atomic E-state index is -4.11. The number of nitrogens with one attached hydrogen (secondary N) is 3. The number of carbonyl (C=O) groups is 1. The van der Waals surface area contributed by atoms with E-state index in [1.54, 1.807) is 23.1 Å². The zero-order valence-corrected chi connectivity index (χ0v) is 21.1. The average Bonchev–Trinajstić information content (AvgIpc) is 3.48. The van der Waals surface area contributed by atoms with Crippen LogP contribution >= 0.6 is 0 Å². The third-order valence-corrected chi connectivity index (χ3v) is 6.94. The summed E-state index contributed by atoms with van der Waals surface area (Å²) in [6.45, 7) is 5.31. The van der Waals surface area contributed by atoms with Crippen molar-refractivity contribution in [3.05, 3.63) is 71.8 Å². The van der Waals surface area contributed by atoms with E-state index in [0.717, 1.165) is 11.1 Å². The van der Waals surface area contributed by atoms with Crippen molar-refractivity contribution in [1.82, 2.24) is 25.3 Å². The standard InChI is InChI=1S/C24H25FN6O5S/c1-14-8-16(12-31-13-17(11-27-31)10-26-24(32)15(2)25)9-18-21(14)23(29-28-18)30-37(33,34)22-19(35-3)6-5-7-20(22)36-4/h5-9,11,13H,2,10,12H2,1,3-4H3,(H,26,32)(H2,28,29,30). The van der Waals surface area contributed by atoms with Crippen molar-refractivity contribution >= 4 is 32.7 Å². The number of methoxy groups -OCH3 is 2. The summed E-state index contributed by atoms with van der Waals surface area (Å²) in [5.41, 5.74) is 2.98. The van der Waals surface area contributed by atoms with Gasteiger partial charge in [0, 0.05) is 23.7 Å². The number of rotatable bonds is 10. The highest BCUT2D eigenvalue weighted by Crippen LogP contribution is 2.35. The molecule has 0 unspecified atom stereocenters. The van der Waals surface area contributed by atoms with Crippen LogP contribution in [-0.2, 0) is 27.9 Å². The molecule has 11 nitrogen and oxygen atoms in total. The second kappa shape index (κ2) is 10.3. The van der Waals surface area contributed by atoms with Gasteiger partial charge in [0.05, 0.1) is 32.5 Å². The number of fused-ring (bicyclic) bond motifs is 1. The Balaban J connectivity index is 1.57. The molecule has 2 aromatic heterocycles. The van der Waals surface area contributed by atoms with E-state index in [9.17, 15) is 17.6 Å². The largest absolute Gasteiger partial charge is 0.495 e. The van der Waals surface area contributed by atoms with Crippen LogP contribution < -0.4 is 19.5 Å². The fourth-order valence-electron chi connectivity index (χ4n) is 3.91. The van der Waals surface area contributed by atoms with Gasteiger partial charge in [0.25, 0.3) is 15.9 Å². The maximum Gasteiger partial charge on any atom is 0.279 e. The number of amides is 1. The molecule has 2 aromatic carbocycles. The van der Waals surface area contributed by atoms with Gasteiger partial charge in [-0.15, -0.1) is 0 Å². The number of nitrogens with zero attached hydrogens (tertiary/aromatic N) is 3. The van der Waals surface area contributed by atoms with Crippen molar-refractivity contribution in [3.8, 4) is 11.5 Å². The van der Waals surface area contributed by atoms with Crippen molar-refractivity contribution < 1.29 is 27.1 Å². The number of H-pyrrole nitrogens is 1. The van der Waals surface area contributed by atoms with Crippen LogP contribution in [-0.4, -0.2) is 48.5 Å². The van der Waals surface area contributed by atoms with Gasteiger partial charge in [-0.05, 0) is 36.2 Å². The molecule has 0 aliphatic rings. The summed E-state index contributed by atoms with van der Waals surface area (Å²) >= 11 is 0. The zero-order valence-electron chi connectivity index (χ0n) is 20.3. The first-order valence-corrected chi connectivity index (χ1v) is 12.5. The summed E-state index contributed by atoms with van der Waals surface area (Å²) in [4.78, 5) is 11.2. The van der Waals surface area contributed by atoms with Crippen LogP contribution in [0.4, 0.5) is 10.2 Å². The van der Waals surface area contributed by atoms with E-state index < -0.39 is 21.8 Å². The third kappa shape index (κ3) is 5.40. The number of aromatic amines is 1. The second-order valence-electron chi connectivity index (χ2n) is 8.14. The van der Waals surface area contributed by atoms with Crippen molar-refractivity contribution in [3.63, 3.8) is 0 Å². The molecule has 0 fully saturated rings. The molecule has 3 N–H and O–H groups in total. The number of hydrogen-bond donors (Lipinski definition) is 3. The quantitative estimate of drug-likeness (QED) is 0.269. The summed E-state index contributed by atoms with van der Waals surface area (Å²) in [7, 11) is -1.35. The Labute approximate surface area is 212 Å². The van der Waals surface area contributed by atoms with Crippen LogP contribution in [0.5, 0.6) is 11.5 Å². The molecule has 0 saturated carbocycles. The van der Waals surface area contributed by atoms with Crippen molar-refractivity contribution in [1.29, 1.82) is 0 Å². The Morgan fingerprint density at radius 1 is 1.19 bits per heavy atom. The molecule has 1 amide bonds. The van der Waals surface area contributed by atoms with E-state index in [-0.39, 0.29) is 28.8 Å². The molecule has 13 heteroatoms. The molecule has 0 saturated heterocycles. The Bertz CT molecular complexity index is 1570. The molecule has 2 heterocycles. The second-order valence-corrected chi connectivity index (χ2v) is 9.76. The molecule has 194 valence electrons. The number of ether oxygens (including phenoxy) is 2. The Kier molecular flexibility index (Phi) is 7.16. The lowest BCUT2D eigenvalue weighted by molar-refractivity contribution is -0.119. The van der Waals surface area contributed by atoms with Gasteiger partial charge in [-0.1, -0.05) is 18.7 Å². The number of benzene rings is 2. The lowest BCUT2D eigenvalue weighted by atomic mass is 10.1. The molecule has 0 atom stereocenters. The number of hydrogen-bond acceptors (Lipinski definition) is 7. The van der Waals surface area contributed by atoms with E-state index in [2.05, 4.69) is 31.9 Å². The third-order valence-electron chi connectivity index (χ3n) is 5.53. The highest BCUT2D eigenvalue weighted by Gasteiger charge is 2.26. The minimum Gasteiger partial charge on any atom is -0.495 e. The first-order chi connectivity index (χ1) is 17.6. The number of sulfonamides is 1. The van der Waals surface area contributed by atoms with Crippen molar-refractivity contribution in [2.75, 3.05) is 18.9 Å². The maximum absolute atomic E-state index is 13.3. The van der Waals surface area contributed by atoms with Gasteiger partial charge in [-0.2, -0.15) is 10.2 Å². The van der Waals surface area contributed by atoms with E-state index >= 15 is 0 Å². The number of aromatic nitrogens is 4. The molecule has 4 aromatic rings. The molecule has 0 aliphatic carbocycles. The lowest BCUT2D eigenvalue weighted by Gasteiger charge is -2.14. The number of halogens is 1. The Hall–Kier alpha value is -4.39. The summed E-state index contributed by atoms with van der Waals surface area (Å²) < 4.78 is 54.0. The summed E-state index contributed by atoms with van der Waals surface area (Å²) in [6.07, 6.45) is 3.30. The lowest BCUT2D eigenvalue weighted by Crippen LogP contribution is -2.22. The van der Waals surface area contributed by atoms with Crippen LogP contribution in [0.3, 0.4) is 0 Å². The molecule has 0 radical (unpaired) electrons. The molecule has 0 aliphatic heterocycles. The fraction of sp³-hybridized carbons (Fsp3) is 0.208. The Morgan fingerprint density at radius 3 is 2.54 bits per heavy atom. The zero-order chi connectivity index (χ0) is 26.7. The van der Waals surface area contributed by atoms with Gasteiger partial charge in [-0.3, -0.25) is 19.3 Å². The minimum absolute atomic E-state index is 0.112. The summed E-state index contributed by atoms with van der Waals surface area (Å²) in [5.74, 6) is -1.52. The first kappa shape index (κ1) is 25.7. The average molecular weight is 529 g/mol. The smallest absolute Gasteiger partial charge is 0.279 e. The summed E-state index contributed by atoms with van der Waals surface area (Å²) in [6, 6.07) is 8.43. The van der Waals surface area contributed by atoms with Gasteiger partial charge < -0.3 is 14.8 Å². The number of anilines is 1. The van der Waals surface area contributed by atoms with Gasteiger partial charge >= 0.3 is 0 Å². The predicted molar refractivity (Wildman–Crippen MR) is 135 cm³/mol. The highest BCUT2D eigenvalue weighted by molar-refractivity contribution is 7.93. The maximum atomic E-state index is 13.3. The van der Waals surface area contributed by atoms with Crippen LogP contribution in [0.2, 0.25) is 0 Å². The van der Waals surface area contributed by atoms with Crippen LogP contribution in [0, 0.1) is 6.92 Å². The molecule has 37 heavy (non-hydrogen) atoms. The normalized spacial score (nSPS) is 11.4. The molecular weight excluding hydrogens is 503 g/mol. The van der Waals surface area contributed by atoms with E-state index in [4.69, 9.17) is 9.47 Å². The van der Waals surface area contributed by atoms with E-state index in [1.807, 2.05) is 19.1 Å². The fourth-order valence-corrected chi connectivity index (χ4v) is 5.25. The van der Waals surface area contributed by atoms with Crippen molar-refractivity contribution in [2.45, 2.75) is 24.9 Å². The van der Waals surface area contributed by atoms with E-state index in [1.165, 1.54) is 26.4 Å². The highest BCUT2D eigenvalue weighted by atomic mass is 32.2.